The number of amides is 3. The Balaban J connectivity index is 1.96. The number of hydrogen-bond acceptors (Lipinski definition) is 5. The summed E-state index contributed by atoms with van der Waals surface area (Å²) >= 11 is 0. The summed E-state index contributed by atoms with van der Waals surface area (Å²) in [5.74, 6) is 0.0878. The Kier molecular flexibility index (Phi) is 7.36. The third-order valence-electron chi connectivity index (χ3n) is 6.67. The fourth-order valence-electron chi connectivity index (χ4n) is 4.83. The number of benzene rings is 1. The SMILES string of the molecule is CC[C@@H]1CCCCN1C(=O)C[C@]1(c2cccc(OC)c2)CC(=O)N(CCN(C)C)C1=O. The van der Waals surface area contributed by atoms with E-state index in [1.54, 1.807) is 13.2 Å². The Labute approximate surface area is 185 Å². The lowest BCUT2D eigenvalue weighted by atomic mass is 9.75. The summed E-state index contributed by atoms with van der Waals surface area (Å²) < 4.78 is 5.37. The number of nitrogens with zero attached hydrogens (tertiary/aromatic N) is 3. The second-order valence-corrected chi connectivity index (χ2v) is 8.97. The molecule has 0 aliphatic carbocycles. The van der Waals surface area contributed by atoms with E-state index in [0.717, 1.165) is 32.2 Å². The molecule has 2 atom stereocenters. The summed E-state index contributed by atoms with van der Waals surface area (Å²) in [5.41, 5.74) is -0.499. The molecule has 1 aromatic carbocycles. The molecular formula is C24H35N3O4. The number of hydrogen-bond donors (Lipinski definition) is 0. The predicted molar refractivity (Wildman–Crippen MR) is 119 cm³/mol. The lowest BCUT2D eigenvalue weighted by molar-refractivity contribution is -0.144. The lowest BCUT2D eigenvalue weighted by Crippen LogP contribution is -2.48. The molecule has 3 rings (SSSR count). The molecule has 0 unspecified atom stereocenters. The van der Waals surface area contributed by atoms with E-state index in [1.807, 2.05) is 42.1 Å². The highest BCUT2D eigenvalue weighted by molar-refractivity contribution is 6.10. The summed E-state index contributed by atoms with van der Waals surface area (Å²) in [5, 5.41) is 0. The molecule has 0 radical (unpaired) electrons. The second kappa shape index (κ2) is 9.81. The number of imide groups is 1. The Morgan fingerprint density at radius 3 is 2.71 bits per heavy atom. The number of likely N-dealkylation sites (tertiary alicyclic amines) is 2. The first-order chi connectivity index (χ1) is 14.8. The quantitative estimate of drug-likeness (QED) is 0.594. The first kappa shape index (κ1) is 23.3. The summed E-state index contributed by atoms with van der Waals surface area (Å²) in [7, 11) is 5.39. The summed E-state index contributed by atoms with van der Waals surface area (Å²) in [6, 6.07) is 7.46. The third kappa shape index (κ3) is 4.76. The van der Waals surface area contributed by atoms with E-state index >= 15 is 0 Å². The van der Waals surface area contributed by atoms with E-state index in [2.05, 4.69) is 6.92 Å². The van der Waals surface area contributed by atoms with Crippen LogP contribution in [0.5, 0.6) is 5.75 Å². The van der Waals surface area contributed by atoms with Gasteiger partial charge in [0.2, 0.25) is 17.7 Å². The van der Waals surface area contributed by atoms with Gasteiger partial charge in [0, 0.05) is 38.5 Å². The van der Waals surface area contributed by atoms with Crippen molar-refractivity contribution in [2.75, 3.05) is 40.8 Å². The van der Waals surface area contributed by atoms with Crippen LogP contribution >= 0.6 is 0 Å². The first-order valence-electron chi connectivity index (χ1n) is 11.3. The minimum absolute atomic E-state index is 0.0136. The zero-order valence-electron chi connectivity index (χ0n) is 19.2. The Morgan fingerprint density at radius 1 is 1.26 bits per heavy atom. The van der Waals surface area contributed by atoms with Crippen molar-refractivity contribution in [3.05, 3.63) is 29.8 Å². The van der Waals surface area contributed by atoms with Crippen LogP contribution in [0.2, 0.25) is 0 Å². The molecule has 0 saturated carbocycles. The molecule has 2 fully saturated rings. The van der Waals surface area contributed by atoms with Gasteiger partial charge in [-0.05, 0) is 57.5 Å². The van der Waals surface area contributed by atoms with Gasteiger partial charge in [0.05, 0.1) is 12.5 Å². The number of rotatable bonds is 8. The largest absolute Gasteiger partial charge is 0.497 e. The maximum atomic E-state index is 13.7. The maximum Gasteiger partial charge on any atom is 0.240 e. The van der Waals surface area contributed by atoms with E-state index < -0.39 is 5.41 Å². The molecule has 2 saturated heterocycles. The maximum absolute atomic E-state index is 13.7. The zero-order chi connectivity index (χ0) is 22.6. The average Bonchev–Trinajstić information content (AvgIpc) is 3.01. The molecule has 0 N–H and O–H groups in total. The number of piperidine rings is 1. The van der Waals surface area contributed by atoms with Gasteiger partial charge < -0.3 is 14.5 Å². The van der Waals surface area contributed by atoms with Crippen LogP contribution in [0.25, 0.3) is 0 Å². The van der Waals surface area contributed by atoms with Gasteiger partial charge in [0.1, 0.15) is 5.75 Å². The summed E-state index contributed by atoms with van der Waals surface area (Å²) in [6.07, 6.45) is 4.04. The Hall–Kier alpha value is -2.41. The molecule has 1 aromatic rings. The van der Waals surface area contributed by atoms with Crippen molar-refractivity contribution in [2.45, 2.75) is 56.9 Å². The zero-order valence-corrected chi connectivity index (χ0v) is 19.2. The number of methoxy groups -OCH3 is 1. The van der Waals surface area contributed by atoms with Gasteiger partial charge in [-0.25, -0.2) is 0 Å². The average molecular weight is 430 g/mol. The van der Waals surface area contributed by atoms with Crippen molar-refractivity contribution in [2.24, 2.45) is 0 Å². The third-order valence-corrected chi connectivity index (χ3v) is 6.67. The highest BCUT2D eigenvalue weighted by Crippen LogP contribution is 2.42. The molecule has 2 aliphatic rings. The van der Waals surface area contributed by atoms with E-state index in [4.69, 9.17) is 4.74 Å². The monoisotopic (exact) mass is 429 g/mol. The van der Waals surface area contributed by atoms with Crippen molar-refractivity contribution in [3.8, 4) is 5.75 Å². The molecule has 31 heavy (non-hydrogen) atoms. The highest BCUT2D eigenvalue weighted by Gasteiger charge is 2.54. The smallest absolute Gasteiger partial charge is 0.240 e. The van der Waals surface area contributed by atoms with Crippen LogP contribution in [0.1, 0.15) is 51.0 Å². The van der Waals surface area contributed by atoms with Gasteiger partial charge in [0.15, 0.2) is 0 Å². The first-order valence-corrected chi connectivity index (χ1v) is 11.3. The van der Waals surface area contributed by atoms with Crippen molar-refractivity contribution >= 4 is 17.7 Å². The standard InChI is InChI=1S/C24H35N3O4/c1-5-19-10-6-7-12-26(19)21(28)16-24(18-9-8-11-20(15-18)31-4)17-22(29)27(23(24)30)14-13-25(2)3/h8-9,11,15,19H,5-7,10,12-14,16-17H2,1-4H3/t19-,24-/m1/s1. The fourth-order valence-corrected chi connectivity index (χ4v) is 4.83. The molecule has 7 nitrogen and oxygen atoms in total. The Bertz CT molecular complexity index is 825. The molecule has 2 heterocycles. The van der Waals surface area contributed by atoms with E-state index in [0.29, 0.717) is 24.4 Å². The number of carbonyl (C=O) groups excluding carboxylic acids is 3. The Morgan fingerprint density at radius 2 is 2.03 bits per heavy atom. The lowest BCUT2D eigenvalue weighted by Gasteiger charge is -2.37. The van der Waals surface area contributed by atoms with Crippen LogP contribution in [0.15, 0.2) is 24.3 Å². The van der Waals surface area contributed by atoms with Crippen LogP contribution < -0.4 is 4.74 Å². The van der Waals surface area contributed by atoms with Gasteiger partial charge in [-0.15, -0.1) is 0 Å². The molecule has 7 heteroatoms. The molecule has 170 valence electrons. The van der Waals surface area contributed by atoms with Crippen LogP contribution in [-0.4, -0.2) is 79.3 Å². The van der Waals surface area contributed by atoms with Gasteiger partial charge in [-0.1, -0.05) is 19.1 Å². The normalized spacial score (nSPS) is 24.2. The number of likely N-dealkylation sites (N-methyl/N-ethyl adjacent to an activating group) is 1. The predicted octanol–water partition coefficient (Wildman–Crippen LogP) is 2.43. The summed E-state index contributed by atoms with van der Waals surface area (Å²) in [4.78, 5) is 45.3. The molecule has 2 aliphatic heterocycles. The molecule has 3 amide bonds. The van der Waals surface area contributed by atoms with E-state index in [1.165, 1.54) is 4.90 Å². The van der Waals surface area contributed by atoms with Crippen LogP contribution in [0, 0.1) is 0 Å². The molecule has 0 spiro atoms. The number of carbonyl (C=O) groups is 3. The topological polar surface area (TPSA) is 70.2 Å². The minimum atomic E-state index is -1.18. The van der Waals surface area contributed by atoms with Crippen LogP contribution in [0.4, 0.5) is 0 Å². The van der Waals surface area contributed by atoms with Crippen molar-refractivity contribution in [1.29, 1.82) is 0 Å². The van der Waals surface area contributed by atoms with E-state index in [-0.39, 0.29) is 36.6 Å². The van der Waals surface area contributed by atoms with Crippen LogP contribution in [0.3, 0.4) is 0 Å². The molecular weight excluding hydrogens is 394 g/mol. The molecule has 0 bridgehead atoms. The summed E-state index contributed by atoms with van der Waals surface area (Å²) in [6.45, 7) is 3.73. The van der Waals surface area contributed by atoms with Crippen LogP contribution in [-0.2, 0) is 19.8 Å². The van der Waals surface area contributed by atoms with E-state index in [9.17, 15) is 14.4 Å². The van der Waals surface area contributed by atoms with Gasteiger partial charge in [-0.2, -0.15) is 0 Å². The second-order valence-electron chi connectivity index (χ2n) is 8.97. The van der Waals surface area contributed by atoms with Crippen molar-refractivity contribution in [3.63, 3.8) is 0 Å². The fraction of sp³-hybridized carbons (Fsp3) is 0.625. The van der Waals surface area contributed by atoms with Crippen molar-refractivity contribution in [1.82, 2.24) is 14.7 Å². The van der Waals surface area contributed by atoms with Crippen molar-refractivity contribution < 1.29 is 19.1 Å². The van der Waals surface area contributed by atoms with Gasteiger partial charge in [0.25, 0.3) is 0 Å². The minimum Gasteiger partial charge on any atom is -0.497 e. The highest BCUT2D eigenvalue weighted by atomic mass is 16.5. The molecule has 0 aromatic heterocycles. The number of ether oxygens (including phenoxy) is 1. The van der Waals surface area contributed by atoms with Gasteiger partial charge in [-0.3, -0.25) is 19.3 Å². The van der Waals surface area contributed by atoms with Gasteiger partial charge >= 0.3 is 0 Å².